The van der Waals surface area contributed by atoms with E-state index in [9.17, 15) is 4.79 Å². The van der Waals surface area contributed by atoms with Crippen molar-refractivity contribution in [2.24, 2.45) is 0 Å². The molecule has 1 amide bonds. The third kappa shape index (κ3) is 6.69. The molecule has 21 heavy (non-hydrogen) atoms. The Balaban J connectivity index is 0.00000220. The van der Waals surface area contributed by atoms with E-state index in [2.05, 4.69) is 15.7 Å². The quantitative estimate of drug-likeness (QED) is 0.737. The molecule has 0 spiro atoms. The molecule has 1 saturated heterocycles. The summed E-state index contributed by atoms with van der Waals surface area (Å²) in [6.45, 7) is 2.49. The van der Waals surface area contributed by atoms with Crippen molar-refractivity contribution in [3.63, 3.8) is 0 Å². The summed E-state index contributed by atoms with van der Waals surface area (Å²) < 4.78 is 6.82. The number of carbonyl (C=O) groups excluding carboxylic acids is 1. The highest BCUT2D eigenvalue weighted by atomic mass is 35.5. The third-order valence-corrected chi connectivity index (χ3v) is 4.20. The van der Waals surface area contributed by atoms with E-state index in [-0.39, 0.29) is 24.4 Å². The number of thioether (sulfide) groups is 1. The number of methoxy groups -OCH3 is 1. The summed E-state index contributed by atoms with van der Waals surface area (Å²) in [4.78, 5) is 11.9. The minimum atomic E-state index is 0. The van der Waals surface area contributed by atoms with E-state index in [0.29, 0.717) is 18.8 Å². The van der Waals surface area contributed by atoms with Gasteiger partial charge in [0.05, 0.1) is 0 Å². The summed E-state index contributed by atoms with van der Waals surface area (Å²) in [7, 11) is 1.69. The number of nitrogens with one attached hydrogen (secondary N) is 2. The second kappa shape index (κ2) is 10.0. The lowest BCUT2D eigenvalue weighted by Crippen LogP contribution is -2.39. The number of rotatable bonds is 7. The van der Waals surface area contributed by atoms with Gasteiger partial charge in [0.15, 0.2) is 5.82 Å². The number of aromatic nitrogens is 2. The summed E-state index contributed by atoms with van der Waals surface area (Å²) in [6, 6.07) is 2.10. The predicted octanol–water partition coefficient (Wildman–Crippen LogP) is 1.37. The average Bonchev–Trinajstić information content (AvgIpc) is 2.87. The van der Waals surface area contributed by atoms with E-state index < -0.39 is 0 Å². The van der Waals surface area contributed by atoms with E-state index in [4.69, 9.17) is 4.74 Å². The van der Waals surface area contributed by atoms with Gasteiger partial charge in [0.1, 0.15) is 0 Å². The molecule has 0 saturated carbocycles. The van der Waals surface area contributed by atoms with Crippen LogP contribution in [0.1, 0.15) is 12.8 Å². The number of aryl methyl sites for hydroxylation is 1. The van der Waals surface area contributed by atoms with E-state index in [1.165, 1.54) is 0 Å². The molecule has 1 aliphatic rings. The third-order valence-electron chi connectivity index (χ3n) is 3.07. The number of halogens is 1. The molecule has 1 unspecified atom stereocenters. The highest BCUT2D eigenvalue weighted by Gasteiger charge is 2.17. The maximum absolute atomic E-state index is 11.9. The largest absolute Gasteiger partial charge is 0.385 e. The van der Waals surface area contributed by atoms with Gasteiger partial charge in [0.25, 0.3) is 0 Å². The SMILES string of the molecule is COCCCn1ccc(NC(=O)CC2CSCCN2)n1.Cl. The average molecular weight is 335 g/mol. The van der Waals surface area contributed by atoms with Crippen molar-refractivity contribution < 1.29 is 9.53 Å². The lowest BCUT2D eigenvalue weighted by atomic mass is 10.2. The van der Waals surface area contributed by atoms with Crippen LogP contribution < -0.4 is 10.6 Å². The molecule has 1 fully saturated rings. The van der Waals surface area contributed by atoms with Crippen LogP contribution in [-0.2, 0) is 16.1 Å². The van der Waals surface area contributed by atoms with Crippen LogP contribution in [-0.4, -0.2) is 53.5 Å². The van der Waals surface area contributed by atoms with Gasteiger partial charge in [-0.05, 0) is 6.42 Å². The van der Waals surface area contributed by atoms with Gasteiger partial charge in [-0.15, -0.1) is 12.4 Å². The Hall–Kier alpha value is -0.760. The highest BCUT2D eigenvalue weighted by molar-refractivity contribution is 7.99. The summed E-state index contributed by atoms with van der Waals surface area (Å²) >= 11 is 1.89. The van der Waals surface area contributed by atoms with E-state index in [0.717, 1.165) is 31.0 Å². The van der Waals surface area contributed by atoms with Crippen molar-refractivity contribution in [2.45, 2.75) is 25.4 Å². The zero-order valence-electron chi connectivity index (χ0n) is 12.2. The molecule has 8 heteroatoms. The molecular weight excluding hydrogens is 312 g/mol. The van der Waals surface area contributed by atoms with Gasteiger partial charge in [0, 0.05) is 63.0 Å². The van der Waals surface area contributed by atoms with Crippen molar-refractivity contribution in [3.8, 4) is 0 Å². The minimum absolute atomic E-state index is 0. The second-order valence-corrected chi connectivity index (χ2v) is 5.94. The molecule has 1 aromatic rings. The molecule has 0 aromatic carbocycles. The molecule has 1 aliphatic heterocycles. The fraction of sp³-hybridized carbons (Fsp3) is 0.692. The van der Waals surface area contributed by atoms with Gasteiger partial charge in [-0.25, -0.2) is 0 Å². The smallest absolute Gasteiger partial charge is 0.227 e. The number of amides is 1. The van der Waals surface area contributed by atoms with Crippen molar-refractivity contribution in [1.29, 1.82) is 0 Å². The van der Waals surface area contributed by atoms with Crippen LogP contribution in [0.5, 0.6) is 0 Å². The lowest BCUT2D eigenvalue weighted by Gasteiger charge is -2.22. The first-order valence-electron chi connectivity index (χ1n) is 6.91. The van der Waals surface area contributed by atoms with Gasteiger partial charge in [0.2, 0.25) is 5.91 Å². The second-order valence-electron chi connectivity index (χ2n) is 4.79. The zero-order valence-corrected chi connectivity index (χ0v) is 13.8. The molecule has 120 valence electrons. The molecule has 2 rings (SSSR count). The van der Waals surface area contributed by atoms with Gasteiger partial charge in [-0.2, -0.15) is 16.9 Å². The topological polar surface area (TPSA) is 68.2 Å². The minimum Gasteiger partial charge on any atom is -0.385 e. The molecule has 0 radical (unpaired) electrons. The predicted molar refractivity (Wildman–Crippen MR) is 88.3 cm³/mol. The summed E-state index contributed by atoms with van der Waals surface area (Å²) in [5.41, 5.74) is 0. The lowest BCUT2D eigenvalue weighted by molar-refractivity contribution is -0.116. The molecular formula is C13H23ClN4O2S. The first-order chi connectivity index (χ1) is 9.78. The fourth-order valence-electron chi connectivity index (χ4n) is 2.09. The van der Waals surface area contributed by atoms with Crippen LogP contribution >= 0.6 is 24.2 Å². The molecule has 0 bridgehead atoms. The van der Waals surface area contributed by atoms with Gasteiger partial charge in [-0.1, -0.05) is 0 Å². The Kier molecular flexibility index (Phi) is 8.75. The van der Waals surface area contributed by atoms with E-state index >= 15 is 0 Å². The number of carbonyl (C=O) groups is 1. The molecule has 2 N–H and O–H groups in total. The van der Waals surface area contributed by atoms with Crippen LogP contribution in [0.2, 0.25) is 0 Å². The standard InChI is InChI=1S/C13H22N4O2S.ClH/c1-19-7-2-5-17-6-3-12(16-17)15-13(18)9-11-10-20-8-4-14-11;/h3,6,11,14H,2,4-5,7-10H2,1H3,(H,15,16,18);1H. The fourth-order valence-corrected chi connectivity index (χ4v) is 3.04. The molecule has 1 aromatic heterocycles. The first-order valence-corrected chi connectivity index (χ1v) is 8.07. The normalized spacial score (nSPS) is 18.0. The molecule has 1 atom stereocenters. The van der Waals surface area contributed by atoms with E-state index in [1.54, 1.807) is 7.11 Å². The Morgan fingerprint density at radius 1 is 1.67 bits per heavy atom. The van der Waals surface area contributed by atoms with Gasteiger partial charge >= 0.3 is 0 Å². The Morgan fingerprint density at radius 3 is 3.24 bits per heavy atom. The van der Waals surface area contributed by atoms with Crippen LogP contribution in [0.15, 0.2) is 12.3 Å². The number of hydrogen-bond acceptors (Lipinski definition) is 5. The van der Waals surface area contributed by atoms with Crippen molar-refractivity contribution in [2.75, 3.05) is 37.1 Å². The monoisotopic (exact) mass is 334 g/mol. The Labute approximate surface area is 135 Å². The van der Waals surface area contributed by atoms with Crippen LogP contribution in [0.4, 0.5) is 5.82 Å². The van der Waals surface area contributed by atoms with Crippen molar-refractivity contribution in [3.05, 3.63) is 12.3 Å². The van der Waals surface area contributed by atoms with Crippen LogP contribution in [0.25, 0.3) is 0 Å². The molecule has 2 heterocycles. The summed E-state index contributed by atoms with van der Waals surface area (Å²) in [5, 5.41) is 10.5. The number of hydrogen-bond donors (Lipinski definition) is 2. The number of nitrogens with zero attached hydrogens (tertiary/aromatic N) is 2. The molecule has 6 nitrogen and oxygen atoms in total. The van der Waals surface area contributed by atoms with Gasteiger partial charge < -0.3 is 15.4 Å². The van der Waals surface area contributed by atoms with Crippen LogP contribution in [0.3, 0.4) is 0 Å². The maximum atomic E-state index is 11.9. The van der Waals surface area contributed by atoms with Gasteiger partial charge in [-0.3, -0.25) is 9.48 Å². The first kappa shape index (κ1) is 18.3. The van der Waals surface area contributed by atoms with E-state index in [1.807, 2.05) is 28.7 Å². The van der Waals surface area contributed by atoms with Crippen LogP contribution in [0, 0.1) is 0 Å². The Bertz CT molecular complexity index is 424. The summed E-state index contributed by atoms with van der Waals surface area (Å²) in [5.74, 6) is 2.77. The molecule has 0 aliphatic carbocycles. The summed E-state index contributed by atoms with van der Waals surface area (Å²) in [6.07, 6.45) is 3.29. The number of anilines is 1. The zero-order chi connectivity index (χ0) is 14.2. The van der Waals surface area contributed by atoms with Crippen molar-refractivity contribution >= 4 is 35.9 Å². The number of ether oxygens (including phenoxy) is 1. The van der Waals surface area contributed by atoms with Crippen molar-refractivity contribution in [1.82, 2.24) is 15.1 Å². The Morgan fingerprint density at radius 2 is 2.52 bits per heavy atom. The highest BCUT2D eigenvalue weighted by Crippen LogP contribution is 2.11. The maximum Gasteiger partial charge on any atom is 0.227 e.